The second kappa shape index (κ2) is 7.46. The quantitative estimate of drug-likeness (QED) is 0.811. The molecule has 0 aliphatic rings. The van der Waals surface area contributed by atoms with Gasteiger partial charge in [0, 0.05) is 42.8 Å². The number of hydrogen-bond donors (Lipinski definition) is 2. The van der Waals surface area contributed by atoms with Crippen molar-refractivity contribution >= 4 is 23.2 Å². The first-order valence-electron chi connectivity index (χ1n) is 6.25. The fraction of sp³-hybridized carbons (Fsp3) is 0.571. The molecule has 0 saturated carbocycles. The molecule has 0 aliphatic carbocycles. The minimum Gasteiger partial charge on any atom is -0.389 e. The number of methoxy groups -OCH3 is 1. The van der Waals surface area contributed by atoms with E-state index in [1.54, 1.807) is 26.2 Å². The van der Waals surface area contributed by atoms with Crippen molar-refractivity contribution in [3.05, 3.63) is 33.8 Å². The Hall–Kier alpha value is -0.320. The summed E-state index contributed by atoms with van der Waals surface area (Å²) in [4.78, 5) is 0. The summed E-state index contributed by atoms with van der Waals surface area (Å²) in [5.41, 5.74) is 0.117. The molecule has 0 heterocycles. The van der Waals surface area contributed by atoms with E-state index in [4.69, 9.17) is 27.9 Å². The van der Waals surface area contributed by atoms with Crippen molar-refractivity contribution in [2.24, 2.45) is 0 Å². The topological polar surface area (TPSA) is 41.5 Å². The fourth-order valence-electron chi connectivity index (χ4n) is 1.74. The minimum atomic E-state index is -0.810. The number of rotatable bonds is 7. The van der Waals surface area contributed by atoms with Crippen LogP contribution in [0.5, 0.6) is 0 Å². The molecule has 2 unspecified atom stereocenters. The molecule has 0 fully saturated rings. The highest BCUT2D eigenvalue weighted by molar-refractivity contribution is 6.33. The Morgan fingerprint density at radius 3 is 2.74 bits per heavy atom. The van der Waals surface area contributed by atoms with Crippen LogP contribution in [-0.4, -0.2) is 31.0 Å². The third kappa shape index (κ3) is 5.67. The van der Waals surface area contributed by atoms with E-state index in [0.29, 0.717) is 29.6 Å². The zero-order chi connectivity index (χ0) is 14.5. The van der Waals surface area contributed by atoms with Crippen LogP contribution < -0.4 is 5.32 Å². The lowest BCUT2D eigenvalue weighted by Gasteiger charge is -2.26. The van der Waals surface area contributed by atoms with Gasteiger partial charge < -0.3 is 15.2 Å². The molecule has 0 saturated heterocycles. The number of halogens is 2. The van der Waals surface area contributed by atoms with E-state index in [1.807, 2.05) is 13.0 Å². The van der Waals surface area contributed by atoms with Crippen LogP contribution in [0.25, 0.3) is 0 Å². The van der Waals surface area contributed by atoms with E-state index in [1.165, 1.54) is 0 Å². The molecule has 0 aliphatic heterocycles. The van der Waals surface area contributed by atoms with Crippen LogP contribution in [0, 0.1) is 0 Å². The molecule has 3 nitrogen and oxygen atoms in total. The Balaban J connectivity index is 2.59. The SMILES string of the molecule is COCCC(C)(O)CNC(C)c1cc(Cl)ccc1Cl. The second-order valence-corrected chi connectivity index (χ2v) is 5.85. The third-order valence-corrected chi connectivity index (χ3v) is 3.64. The van der Waals surface area contributed by atoms with Gasteiger partial charge >= 0.3 is 0 Å². The summed E-state index contributed by atoms with van der Waals surface area (Å²) in [6.45, 7) is 4.76. The summed E-state index contributed by atoms with van der Waals surface area (Å²) in [5.74, 6) is 0. The van der Waals surface area contributed by atoms with Crippen LogP contribution >= 0.6 is 23.2 Å². The van der Waals surface area contributed by atoms with Crippen molar-refractivity contribution in [2.45, 2.75) is 31.9 Å². The van der Waals surface area contributed by atoms with E-state index in [9.17, 15) is 5.11 Å². The van der Waals surface area contributed by atoms with Crippen LogP contribution in [0.2, 0.25) is 10.0 Å². The monoisotopic (exact) mass is 305 g/mol. The molecular weight excluding hydrogens is 285 g/mol. The van der Waals surface area contributed by atoms with E-state index >= 15 is 0 Å². The lowest BCUT2D eigenvalue weighted by Crippen LogP contribution is -2.39. The highest BCUT2D eigenvalue weighted by Crippen LogP contribution is 2.26. The van der Waals surface area contributed by atoms with Gasteiger partial charge in [-0.2, -0.15) is 0 Å². The molecule has 0 bridgehead atoms. The Kier molecular flexibility index (Phi) is 6.57. The van der Waals surface area contributed by atoms with Crippen LogP contribution in [0.1, 0.15) is 31.9 Å². The van der Waals surface area contributed by atoms with Gasteiger partial charge in [0.25, 0.3) is 0 Å². The lowest BCUT2D eigenvalue weighted by molar-refractivity contribution is 0.0231. The van der Waals surface area contributed by atoms with Gasteiger partial charge in [-0.25, -0.2) is 0 Å². The van der Waals surface area contributed by atoms with E-state index < -0.39 is 5.60 Å². The smallest absolute Gasteiger partial charge is 0.0765 e. The summed E-state index contributed by atoms with van der Waals surface area (Å²) in [7, 11) is 1.62. The highest BCUT2D eigenvalue weighted by Gasteiger charge is 2.21. The molecular formula is C14H21Cl2NO2. The van der Waals surface area contributed by atoms with Crippen LogP contribution in [0.15, 0.2) is 18.2 Å². The summed E-state index contributed by atoms with van der Waals surface area (Å²) in [6.07, 6.45) is 0.576. The molecule has 0 radical (unpaired) electrons. The van der Waals surface area contributed by atoms with Gasteiger partial charge in [0.1, 0.15) is 0 Å². The standard InChI is InChI=1S/C14H21Cl2NO2/c1-10(12-8-11(15)4-5-13(12)16)17-9-14(2,18)6-7-19-3/h4-5,8,10,17-18H,6-7,9H2,1-3H3. The molecule has 0 amide bonds. The molecule has 19 heavy (non-hydrogen) atoms. The van der Waals surface area contributed by atoms with Gasteiger partial charge in [-0.1, -0.05) is 23.2 Å². The number of ether oxygens (including phenoxy) is 1. The zero-order valence-electron chi connectivity index (χ0n) is 11.5. The number of benzene rings is 1. The van der Waals surface area contributed by atoms with Crippen molar-refractivity contribution in [3.8, 4) is 0 Å². The largest absolute Gasteiger partial charge is 0.389 e. The molecule has 0 spiro atoms. The summed E-state index contributed by atoms with van der Waals surface area (Å²) in [5, 5.41) is 14.8. The minimum absolute atomic E-state index is 0.0141. The predicted molar refractivity (Wildman–Crippen MR) is 80.0 cm³/mol. The van der Waals surface area contributed by atoms with Gasteiger partial charge in [-0.15, -0.1) is 0 Å². The van der Waals surface area contributed by atoms with E-state index in [0.717, 1.165) is 5.56 Å². The molecule has 1 aromatic carbocycles. The van der Waals surface area contributed by atoms with Gasteiger partial charge in [0.05, 0.1) is 5.60 Å². The Labute approximate surface area is 124 Å². The maximum atomic E-state index is 10.2. The molecule has 2 atom stereocenters. The second-order valence-electron chi connectivity index (χ2n) is 5.01. The maximum absolute atomic E-state index is 10.2. The van der Waals surface area contributed by atoms with Crippen LogP contribution in [-0.2, 0) is 4.74 Å². The Morgan fingerprint density at radius 2 is 2.11 bits per heavy atom. The van der Waals surface area contributed by atoms with Gasteiger partial charge in [0.2, 0.25) is 0 Å². The number of aliphatic hydroxyl groups is 1. The zero-order valence-corrected chi connectivity index (χ0v) is 13.1. The number of nitrogens with one attached hydrogen (secondary N) is 1. The first kappa shape index (κ1) is 16.7. The van der Waals surface area contributed by atoms with Crippen LogP contribution in [0.3, 0.4) is 0 Å². The van der Waals surface area contributed by atoms with Crippen molar-refractivity contribution < 1.29 is 9.84 Å². The van der Waals surface area contributed by atoms with E-state index in [2.05, 4.69) is 5.32 Å². The average Bonchev–Trinajstić information content (AvgIpc) is 2.36. The molecule has 5 heteroatoms. The molecule has 1 aromatic rings. The van der Waals surface area contributed by atoms with Crippen molar-refractivity contribution in [2.75, 3.05) is 20.3 Å². The summed E-state index contributed by atoms with van der Waals surface area (Å²) >= 11 is 12.1. The Bertz CT molecular complexity index is 410. The molecule has 0 aromatic heterocycles. The first-order chi connectivity index (χ1) is 8.85. The van der Waals surface area contributed by atoms with Crippen molar-refractivity contribution in [1.29, 1.82) is 0 Å². The summed E-state index contributed by atoms with van der Waals surface area (Å²) < 4.78 is 4.98. The average molecular weight is 306 g/mol. The van der Waals surface area contributed by atoms with Crippen LogP contribution in [0.4, 0.5) is 0 Å². The van der Waals surface area contributed by atoms with Crippen molar-refractivity contribution in [3.63, 3.8) is 0 Å². The third-order valence-electron chi connectivity index (χ3n) is 3.06. The van der Waals surface area contributed by atoms with Gasteiger partial charge in [-0.05, 0) is 37.6 Å². The first-order valence-corrected chi connectivity index (χ1v) is 7.01. The van der Waals surface area contributed by atoms with Gasteiger partial charge in [-0.3, -0.25) is 0 Å². The normalized spacial score (nSPS) is 16.1. The fourth-order valence-corrected chi connectivity index (χ4v) is 2.20. The Morgan fingerprint density at radius 1 is 1.42 bits per heavy atom. The molecule has 2 N–H and O–H groups in total. The predicted octanol–water partition coefficient (Wildman–Crippen LogP) is 3.43. The highest BCUT2D eigenvalue weighted by atomic mass is 35.5. The van der Waals surface area contributed by atoms with Crippen molar-refractivity contribution in [1.82, 2.24) is 5.32 Å². The van der Waals surface area contributed by atoms with E-state index in [-0.39, 0.29) is 6.04 Å². The number of hydrogen-bond acceptors (Lipinski definition) is 3. The lowest BCUT2D eigenvalue weighted by atomic mass is 10.0. The summed E-state index contributed by atoms with van der Waals surface area (Å²) in [6, 6.07) is 5.39. The maximum Gasteiger partial charge on any atom is 0.0765 e. The van der Waals surface area contributed by atoms with Gasteiger partial charge in [0.15, 0.2) is 0 Å². The molecule has 1 rings (SSSR count). The molecule has 108 valence electrons.